The van der Waals surface area contributed by atoms with Crippen LogP contribution in [0.4, 0.5) is 32.0 Å². The van der Waals surface area contributed by atoms with Crippen LogP contribution in [0.1, 0.15) is 48.6 Å². The van der Waals surface area contributed by atoms with Crippen LogP contribution >= 0.6 is 0 Å². The second-order valence-corrected chi connectivity index (χ2v) is 9.79. The first-order valence-corrected chi connectivity index (χ1v) is 12.8. The molecule has 1 unspecified atom stereocenters. The van der Waals surface area contributed by atoms with Crippen LogP contribution in [-0.4, -0.2) is 44.0 Å². The topological polar surface area (TPSA) is 95.6 Å². The van der Waals surface area contributed by atoms with Gasteiger partial charge in [-0.2, -0.15) is 26.3 Å². The van der Waals surface area contributed by atoms with Crippen molar-refractivity contribution in [3.63, 3.8) is 0 Å². The normalized spacial score (nSPS) is 16.0. The van der Waals surface area contributed by atoms with Gasteiger partial charge in [0.25, 0.3) is 5.91 Å². The number of nitrogens with one attached hydrogen (secondary N) is 2. The van der Waals surface area contributed by atoms with E-state index < -0.39 is 58.6 Å². The minimum atomic E-state index is -5.71. The Labute approximate surface area is 216 Å². The van der Waals surface area contributed by atoms with Crippen LogP contribution in [0.2, 0.25) is 0 Å². The van der Waals surface area contributed by atoms with Gasteiger partial charge in [0, 0.05) is 19.2 Å². The van der Waals surface area contributed by atoms with Crippen molar-refractivity contribution in [1.29, 1.82) is 0 Å². The fourth-order valence-electron chi connectivity index (χ4n) is 4.45. The lowest BCUT2D eigenvalue weighted by atomic mass is 9.87. The molecule has 0 saturated carbocycles. The quantitative estimate of drug-likeness (QED) is 0.330. The monoisotopic (exact) mass is 565 g/mol. The van der Waals surface area contributed by atoms with Gasteiger partial charge in [-0.1, -0.05) is 37.3 Å². The molecule has 0 radical (unpaired) electrons. The summed E-state index contributed by atoms with van der Waals surface area (Å²) in [6.07, 6.45) is -11.4. The number of amides is 2. The van der Waals surface area contributed by atoms with Gasteiger partial charge in [0.2, 0.25) is 11.4 Å². The Kier molecular flexibility index (Phi) is 8.46. The highest BCUT2D eigenvalue weighted by Gasteiger charge is 2.71. The van der Waals surface area contributed by atoms with Gasteiger partial charge in [0.15, 0.2) is 0 Å². The maximum absolute atomic E-state index is 13.8. The van der Waals surface area contributed by atoms with Gasteiger partial charge in [0.05, 0.1) is 5.75 Å². The molecule has 1 aliphatic heterocycles. The highest BCUT2D eigenvalue weighted by molar-refractivity contribution is 7.71. The third-order valence-electron chi connectivity index (χ3n) is 6.19. The number of nitrogens with zero attached hydrogens (tertiary/aromatic N) is 1. The predicted octanol–water partition coefficient (Wildman–Crippen LogP) is 4.16. The maximum atomic E-state index is 13.8. The Morgan fingerprint density at radius 1 is 1.00 bits per heavy atom. The average Bonchev–Trinajstić information content (AvgIpc) is 3.17. The number of alkyl halides is 6. The van der Waals surface area contributed by atoms with Crippen LogP contribution in [-0.2, 0) is 38.1 Å². The highest BCUT2D eigenvalue weighted by Crippen LogP contribution is 2.50. The molecule has 3 rings (SSSR count). The van der Waals surface area contributed by atoms with Gasteiger partial charge in [-0.15, -0.1) is 0 Å². The third kappa shape index (κ3) is 5.65. The van der Waals surface area contributed by atoms with Crippen LogP contribution in [0.15, 0.2) is 42.5 Å². The molecule has 0 aromatic heterocycles. The SMILES string of the molecule is CCCNC(c1ccc(NC(=O)C2c3ccc(C[SH](=O)=O)cc3CN2C(C)=O)cc1)(C(F)(F)F)C(F)(F)F. The fraction of sp³-hybridized carbons (Fsp3) is 0.417. The van der Waals surface area contributed by atoms with Gasteiger partial charge >= 0.3 is 12.4 Å². The van der Waals surface area contributed by atoms with Crippen molar-refractivity contribution in [3.8, 4) is 0 Å². The summed E-state index contributed by atoms with van der Waals surface area (Å²) >= 11 is 0. The molecule has 208 valence electrons. The molecule has 2 N–H and O–H groups in total. The zero-order valence-corrected chi connectivity index (χ0v) is 21.1. The van der Waals surface area contributed by atoms with E-state index in [1.807, 2.05) is 0 Å². The molecule has 0 aliphatic carbocycles. The molecule has 1 atom stereocenters. The van der Waals surface area contributed by atoms with Crippen molar-refractivity contribution >= 4 is 28.2 Å². The summed E-state index contributed by atoms with van der Waals surface area (Å²) in [5, 5.41) is 4.05. The Morgan fingerprint density at radius 2 is 1.61 bits per heavy atom. The minimum Gasteiger partial charge on any atom is -0.324 e. The molecule has 2 amide bonds. The number of carbonyl (C=O) groups excluding carboxylic acids is 2. The number of thiol groups is 1. The first-order valence-electron chi connectivity index (χ1n) is 11.4. The van der Waals surface area contributed by atoms with Gasteiger partial charge in [-0.3, -0.25) is 14.9 Å². The number of anilines is 1. The summed E-state index contributed by atoms with van der Waals surface area (Å²) in [4.78, 5) is 26.6. The lowest BCUT2D eigenvalue weighted by molar-refractivity contribution is -0.313. The maximum Gasteiger partial charge on any atom is 0.419 e. The van der Waals surface area contributed by atoms with Gasteiger partial charge in [-0.25, -0.2) is 8.42 Å². The Hall–Kier alpha value is -3.13. The van der Waals surface area contributed by atoms with Gasteiger partial charge in [0.1, 0.15) is 16.7 Å². The largest absolute Gasteiger partial charge is 0.419 e. The molecule has 1 aliphatic rings. The molecule has 0 saturated heterocycles. The van der Waals surface area contributed by atoms with Crippen molar-refractivity contribution in [3.05, 3.63) is 64.7 Å². The van der Waals surface area contributed by atoms with Gasteiger partial charge < -0.3 is 10.2 Å². The Morgan fingerprint density at radius 3 is 2.11 bits per heavy atom. The molecule has 2 aromatic rings. The molecular weight excluding hydrogens is 540 g/mol. The zero-order valence-electron chi connectivity index (χ0n) is 20.2. The van der Waals surface area contributed by atoms with Crippen molar-refractivity contribution < 1.29 is 44.3 Å². The lowest BCUT2D eigenvalue weighted by Gasteiger charge is -2.38. The number of hydrogen-bond acceptors (Lipinski definition) is 5. The molecule has 0 fully saturated rings. The van der Waals surface area contributed by atoms with E-state index in [1.165, 1.54) is 30.9 Å². The van der Waals surface area contributed by atoms with E-state index in [4.69, 9.17) is 0 Å². The number of carbonyl (C=O) groups is 2. The molecule has 2 aromatic carbocycles. The van der Waals surface area contributed by atoms with E-state index >= 15 is 0 Å². The summed E-state index contributed by atoms with van der Waals surface area (Å²) in [6, 6.07) is 6.58. The van der Waals surface area contributed by atoms with E-state index in [0.717, 1.165) is 12.1 Å². The van der Waals surface area contributed by atoms with E-state index in [9.17, 15) is 44.3 Å². The van der Waals surface area contributed by atoms with Crippen molar-refractivity contribution in [2.24, 2.45) is 0 Å². The number of rotatable bonds is 8. The van der Waals surface area contributed by atoms with E-state index in [-0.39, 0.29) is 24.4 Å². The van der Waals surface area contributed by atoms with Crippen LogP contribution in [0.25, 0.3) is 0 Å². The Bertz CT molecular complexity index is 1250. The second kappa shape index (κ2) is 10.9. The van der Waals surface area contributed by atoms with Crippen molar-refractivity contribution in [1.82, 2.24) is 10.2 Å². The predicted molar refractivity (Wildman–Crippen MR) is 127 cm³/mol. The van der Waals surface area contributed by atoms with Crippen LogP contribution in [0.5, 0.6) is 0 Å². The minimum absolute atomic E-state index is 0.0218. The fourth-order valence-corrected chi connectivity index (χ4v) is 4.94. The molecule has 0 bridgehead atoms. The molecular formula is C24H25F6N3O4S. The first kappa shape index (κ1) is 29.4. The standard InChI is InChI=1S/C24H25F6N3O4S/c1-3-10-31-22(23(25,26)27,24(28,29)30)17-5-7-18(8-6-17)32-21(35)20-19-9-4-15(13-38(36)37)11-16(19)12-33(20)14(2)34/h4-9,11,20,31,38H,3,10,12-13H2,1-2H3,(H,32,35). The molecule has 14 heteroatoms. The van der Waals surface area contributed by atoms with Crippen LogP contribution in [0.3, 0.4) is 0 Å². The Balaban J connectivity index is 1.92. The number of halogens is 6. The van der Waals surface area contributed by atoms with Gasteiger partial charge in [-0.05, 0) is 47.4 Å². The number of fused-ring (bicyclic) bond motifs is 1. The summed E-state index contributed by atoms with van der Waals surface area (Å²) in [5.74, 6) is -1.43. The zero-order chi connectivity index (χ0) is 28.5. The summed E-state index contributed by atoms with van der Waals surface area (Å²) in [5.41, 5.74) is -4.03. The second-order valence-electron chi connectivity index (χ2n) is 8.81. The number of hydrogen-bond donors (Lipinski definition) is 3. The van der Waals surface area contributed by atoms with E-state index in [0.29, 0.717) is 28.8 Å². The van der Waals surface area contributed by atoms with Crippen molar-refractivity contribution in [2.45, 2.75) is 56.5 Å². The van der Waals surface area contributed by atoms with Crippen LogP contribution in [0, 0.1) is 0 Å². The summed E-state index contributed by atoms with van der Waals surface area (Å²) < 4.78 is 105. The molecule has 1 heterocycles. The third-order valence-corrected chi connectivity index (χ3v) is 6.82. The lowest BCUT2D eigenvalue weighted by Crippen LogP contribution is -2.63. The number of benzene rings is 2. The molecule has 0 spiro atoms. The van der Waals surface area contributed by atoms with E-state index in [1.54, 1.807) is 11.4 Å². The first-order chi connectivity index (χ1) is 17.6. The smallest absolute Gasteiger partial charge is 0.324 e. The highest BCUT2D eigenvalue weighted by atomic mass is 32.2. The average molecular weight is 566 g/mol. The molecule has 38 heavy (non-hydrogen) atoms. The molecule has 7 nitrogen and oxygen atoms in total. The van der Waals surface area contributed by atoms with Crippen LogP contribution < -0.4 is 10.6 Å². The summed E-state index contributed by atoms with van der Waals surface area (Å²) in [6.45, 7) is 2.13. The van der Waals surface area contributed by atoms with Crippen molar-refractivity contribution in [2.75, 3.05) is 11.9 Å². The summed E-state index contributed by atoms with van der Waals surface area (Å²) in [7, 11) is -2.70. The van der Waals surface area contributed by atoms with E-state index in [2.05, 4.69) is 5.32 Å².